The highest BCUT2D eigenvalue weighted by Gasteiger charge is 2.20. The van der Waals surface area contributed by atoms with Gasteiger partial charge in [-0.2, -0.15) is 0 Å². The molecule has 1 aliphatic heterocycles. The second-order valence-electron chi connectivity index (χ2n) is 8.69. The Balaban J connectivity index is 1.29. The van der Waals surface area contributed by atoms with Crippen molar-refractivity contribution in [3.8, 4) is 11.3 Å². The van der Waals surface area contributed by atoms with Crippen molar-refractivity contribution >= 4 is 22.9 Å². The lowest BCUT2D eigenvalue weighted by Gasteiger charge is -2.33. The molecule has 1 saturated heterocycles. The van der Waals surface area contributed by atoms with E-state index in [1.54, 1.807) is 6.33 Å². The topological polar surface area (TPSA) is 97.4 Å². The van der Waals surface area contributed by atoms with E-state index in [1.807, 2.05) is 18.2 Å². The lowest BCUT2D eigenvalue weighted by molar-refractivity contribution is 0.103. The van der Waals surface area contributed by atoms with E-state index in [4.69, 9.17) is 5.11 Å². The molecule has 5 rings (SSSR count). The molecule has 2 aromatic carbocycles. The Morgan fingerprint density at radius 2 is 1.79 bits per heavy atom. The third-order valence-corrected chi connectivity index (χ3v) is 6.39. The highest BCUT2D eigenvalue weighted by molar-refractivity contribution is 5.91. The molecule has 1 unspecified atom stereocenters. The summed E-state index contributed by atoms with van der Waals surface area (Å²) >= 11 is 0. The van der Waals surface area contributed by atoms with E-state index in [0.717, 1.165) is 47.7 Å². The van der Waals surface area contributed by atoms with E-state index >= 15 is 0 Å². The van der Waals surface area contributed by atoms with Gasteiger partial charge in [-0.25, -0.2) is 14.8 Å². The van der Waals surface area contributed by atoms with Gasteiger partial charge < -0.3 is 20.3 Å². The van der Waals surface area contributed by atoms with Crippen LogP contribution in [0, 0.1) is 0 Å². The molecule has 2 aromatic heterocycles. The predicted molar refractivity (Wildman–Crippen MR) is 133 cm³/mol. The monoisotopic (exact) mass is 456 g/mol. The fraction of sp³-hybridized carbons (Fsp3) is 0.269. The average molecular weight is 457 g/mol. The van der Waals surface area contributed by atoms with Crippen molar-refractivity contribution in [1.82, 2.24) is 24.8 Å². The van der Waals surface area contributed by atoms with E-state index in [2.05, 4.69) is 74.6 Å². The van der Waals surface area contributed by atoms with E-state index in [-0.39, 0.29) is 6.04 Å². The molecule has 8 heteroatoms. The van der Waals surface area contributed by atoms with Gasteiger partial charge >= 0.3 is 6.09 Å². The lowest BCUT2D eigenvalue weighted by Crippen LogP contribution is -2.47. The van der Waals surface area contributed by atoms with Gasteiger partial charge in [0.1, 0.15) is 17.8 Å². The molecule has 1 amide bonds. The van der Waals surface area contributed by atoms with Gasteiger partial charge in [-0.05, 0) is 29.7 Å². The minimum atomic E-state index is -0.833. The summed E-state index contributed by atoms with van der Waals surface area (Å²) in [5, 5.41) is 13.6. The van der Waals surface area contributed by atoms with Gasteiger partial charge in [0.2, 0.25) is 0 Å². The second-order valence-corrected chi connectivity index (χ2v) is 8.69. The minimum absolute atomic E-state index is 0.120. The summed E-state index contributed by atoms with van der Waals surface area (Å²) in [6.07, 6.45) is 0.746. The summed E-state index contributed by atoms with van der Waals surface area (Å²) in [5.74, 6) is 0.806. The van der Waals surface area contributed by atoms with Gasteiger partial charge in [-0.3, -0.25) is 4.90 Å². The Labute approximate surface area is 198 Å². The van der Waals surface area contributed by atoms with Gasteiger partial charge in [0.05, 0.1) is 5.39 Å². The number of benzene rings is 2. The average Bonchev–Trinajstić information content (AvgIpc) is 3.31. The smallest absolute Gasteiger partial charge is 0.407 e. The molecule has 3 heterocycles. The third kappa shape index (κ3) is 4.72. The molecular formula is C26H28N6O2. The number of nitrogens with one attached hydrogen (secondary N) is 2. The molecule has 8 nitrogen and oxygen atoms in total. The third-order valence-electron chi connectivity index (χ3n) is 6.39. The van der Waals surface area contributed by atoms with Crippen LogP contribution in [0.1, 0.15) is 24.1 Å². The number of aromatic amines is 1. The summed E-state index contributed by atoms with van der Waals surface area (Å²) < 4.78 is 0. The van der Waals surface area contributed by atoms with Crippen LogP contribution in [0.15, 0.2) is 67.0 Å². The fourth-order valence-corrected chi connectivity index (χ4v) is 4.39. The zero-order valence-corrected chi connectivity index (χ0v) is 19.1. The number of anilines is 1. The summed E-state index contributed by atoms with van der Waals surface area (Å²) in [5.41, 5.74) is 5.28. The van der Waals surface area contributed by atoms with E-state index in [0.29, 0.717) is 13.1 Å². The Bertz CT molecular complexity index is 1260. The van der Waals surface area contributed by atoms with Gasteiger partial charge in [-0.1, -0.05) is 54.6 Å². The Morgan fingerprint density at radius 1 is 1.06 bits per heavy atom. The van der Waals surface area contributed by atoms with Crippen LogP contribution in [0.5, 0.6) is 0 Å². The van der Waals surface area contributed by atoms with E-state index in [9.17, 15) is 4.79 Å². The van der Waals surface area contributed by atoms with Crippen LogP contribution in [-0.2, 0) is 6.54 Å². The molecule has 0 bridgehead atoms. The molecule has 0 radical (unpaired) electrons. The van der Waals surface area contributed by atoms with Crippen molar-refractivity contribution in [2.75, 3.05) is 31.5 Å². The normalized spacial score (nSPS) is 15.4. The minimum Gasteiger partial charge on any atom is -0.465 e. The maximum absolute atomic E-state index is 11.1. The van der Waals surface area contributed by atoms with Gasteiger partial charge in [0.25, 0.3) is 0 Å². The standard InChI is InChI=1S/C26H28N6O2/c1-18(20-5-3-2-4-6-20)29-24-22-15-23(30-25(22)28-17-27-24)21-9-7-19(8-10-21)16-31-11-13-32(14-12-31)26(33)34/h2-10,15,17-18H,11-14,16H2,1H3,(H,33,34)(H2,27,28,29,30). The molecule has 4 aromatic rings. The van der Waals surface area contributed by atoms with Crippen molar-refractivity contribution < 1.29 is 9.90 Å². The molecule has 1 atom stereocenters. The Hall–Kier alpha value is -3.91. The summed E-state index contributed by atoms with van der Waals surface area (Å²) in [7, 11) is 0. The zero-order chi connectivity index (χ0) is 23.5. The van der Waals surface area contributed by atoms with Crippen molar-refractivity contribution in [2.45, 2.75) is 19.5 Å². The highest BCUT2D eigenvalue weighted by Crippen LogP contribution is 2.29. The molecule has 0 aliphatic carbocycles. The maximum atomic E-state index is 11.1. The van der Waals surface area contributed by atoms with Crippen LogP contribution >= 0.6 is 0 Å². The molecule has 0 saturated carbocycles. The van der Waals surface area contributed by atoms with E-state index in [1.165, 1.54) is 16.0 Å². The summed E-state index contributed by atoms with van der Waals surface area (Å²) in [6, 6.07) is 21.0. The predicted octanol–water partition coefficient (Wildman–Crippen LogP) is 4.59. The molecule has 174 valence electrons. The summed E-state index contributed by atoms with van der Waals surface area (Å²) in [6.45, 7) is 5.57. The largest absolute Gasteiger partial charge is 0.465 e. The molecule has 1 aliphatic rings. The van der Waals surface area contributed by atoms with Crippen LogP contribution in [0.2, 0.25) is 0 Å². The quantitative estimate of drug-likeness (QED) is 0.393. The van der Waals surface area contributed by atoms with Crippen LogP contribution in [0.3, 0.4) is 0 Å². The van der Waals surface area contributed by atoms with Crippen molar-refractivity contribution in [2.24, 2.45) is 0 Å². The molecular weight excluding hydrogens is 428 g/mol. The SMILES string of the molecule is CC(Nc1ncnc2[nH]c(-c3ccc(CN4CCN(C(=O)O)CC4)cc3)cc12)c1ccccc1. The number of carbonyl (C=O) groups is 1. The number of aromatic nitrogens is 3. The number of nitrogens with zero attached hydrogens (tertiary/aromatic N) is 4. The van der Waals surface area contributed by atoms with Crippen molar-refractivity contribution in [3.05, 3.63) is 78.1 Å². The maximum Gasteiger partial charge on any atom is 0.407 e. The van der Waals surface area contributed by atoms with Crippen LogP contribution < -0.4 is 5.32 Å². The number of piperazine rings is 1. The Kier molecular flexibility index (Phi) is 6.14. The first kappa shape index (κ1) is 21.9. The second kappa shape index (κ2) is 9.52. The number of hydrogen-bond donors (Lipinski definition) is 3. The van der Waals surface area contributed by atoms with Crippen molar-refractivity contribution in [1.29, 1.82) is 0 Å². The number of rotatable bonds is 6. The van der Waals surface area contributed by atoms with E-state index < -0.39 is 6.09 Å². The van der Waals surface area contributed by atoms with Crippen LogP contribution in [0.25, 0.3) is 22.3 Å². The Morgan fingerprint density at radius 3 is 2.50 bits per heavy atom. The van der Waals surface area contributed by atoms with Gasteiger partial charge in [0, 0.05) is 44.5 Å². The first-order valence-electron chi connectivity index (χ1n) is 11.5. The molecule has 3 N–H and O–H groups in total. The summed E-state index contributed by atoms with van der Waals surface area (Å²) in [4.78, 5) is 27.2. The molecule has 0 spiro atoms. The number of H-pyrrole nitrogens is 1. The van der Waals surface area contributed by atoms with Crippen LogP contribution in [-0.4, -0.2) is 62.1 Å². The number of fused-ring (bicyclic) bond motifs is 1. The first-order valence-corrected chi connectivity index (χ1v) is 11.5. The highest BCUT2D eigenvalue weighted by atomic mass is 16.4. The number of hydrogen-bond acceptors (Lipinski definition) is 5. The lowest BCUT2D eigenvalue weighted by atomic mass is 10.1. The zero-order valence-electron chi connectivity index (χ0n) is 19.1. The molecule has 34 heavy (non-hydrogen) atoms. The van der Waals surface area contributed by atoms with Gasteiger partial charge in [0.15, 0.2) is 0 Å². The first-order chi connectivity index (χ1) is 16.6. The number of carboxylic acid groups (broad SMARTS) is 1. The van der Waals surface area contributed by atoms with Crippen LogP contribution in [0.4, 0.5) is 10.6 Å². The van der Waals surface area contributed by atoms with Gasteiger partial charge in [-0.15, -0.1) is 0 Å². The van der Waals surface area contributed by atoms with Crippen molar-refractivity contribution in [3.63, 3.8) is 0 Å². The molecule has 1 fully saturated rings. The number of amides is 1. The fourth-order valence-electron chi connectivity index (χ4n) is 4.39.